The second-order valence-electron chi connectivity index (χ2n) is 5.80. The average molecular weight is 298 g/mol. The van der Waals surface area contributed by atoms with Gasteiger partial charge >= 0.3 is 6.18 Å². The molecule has 2 aliphatic rings. The average Bonchev–Trinajstić information content (AvgIpc) is 2.32. The third kappa shape index (κ3) is 3.18. The number of halogens is 4. The molecule has 2 aliphatic carbocycles. The first-order valence-corrected chi connectivity index (χ1v) is 7.36. The maximum Gasteiger partial charge on any atom is 0.392 e. The summed E-state index contributed by atoms with van der Waals surface area (Å²) in [5, 5.41) is 2.78. The number of nitrogens with one attached hydrogen (secondary N) is 1. The van der Waals surface area contributed by atoms with Crippen molar-refractivity contribution in [3.8, 4) is 0 Å². The highest BCUT2D eigenvalue weighted by molar-refractivity contribution is 6.18. The molecule has 0 spiro atoms. The summed E-state index contributed by atoms with van der Waals surface area (Å²) in [6, 6.07) is 0. The van der Waals surface area contributed by atoms with E-state index in [0.29, 0.717) is 19.3 Å². The molecule has 0 bridgehead atoms. The lowest BCUT2D eigenvalue weighted by Crippen LogP contribution is -2.57. The van der Waals surface area contributed by atoms with Crippen molar-refractivity contribution in [2.45, 2.75) is 56.7 Å². The van der Waals surface area contributed by atoms with E-state index >= 15 is 0 Å². The fourth-order valence-electron chi connectivity index (χ4n) is 3.09. The molecule has 2 unspecified atom stereocenters. The van der Waals surface area contributed by atoms with Gasteiger partial charge in [0.1, 0.15) is 0 Å². The van der Waals surface area contributed by atoms with Crippen molar-refractivity contribution in [1.82, 2.24) is 5.32 Å². The van der Waals surface area contributed by atoms with Gasteiger partial charge in [0.15, 0.2) is 0 Å². The molecular weight excluding hydrogens is 279 g/mol. The smallest absolute Gasteiger partial charge is 0.349 e. The lowest BCUT2D eigenvalue weighted by Gasteiger charge is -2.43. The molecule has 0 saturated heterocycles. The fraction of sp³-hybridized carbons (Fsp3) is 0.923. The topological polar surface area (TPSA) is 29.1 Å². The number of amides is 1. The second kappa shape index (κ2) is 5.51. The SMILES string of the molecule is O=C(NC1(CCl)CCC1)C1CCCCC1C(F)(F)F. The molecule has 2 nitrogen and oxygen atoms in total. The first kappa shape index (κ1) is 14.9. The fourth-order valence-corrected chi connectivity index (χ4v) is 3.42. The molecule has 0 heterocycles. The maximum absolute atomic E-state index is 13.0. The minimum Gasteiger partial charge on any atom is -0.349 e. The van der Waals surface area contributed by atoms with Gasteiger partial charge in [-0.1, -0.05) is 12.8 Å². The van der Waals surface area contributed by atoms with Gasteiger partial charge in [0.2, 0.25) is 5.91 Å². The Balaban J connectivity index is 2.03. The summed E-state index contributed by atoms with van der Waals surface area (Å²) in [6.07, 6.45) is -0.134. The quantitative estimate of drug-likeness (QED) is 0.792. The van der Waals surface area contributed by atoms with Gasteiger partial charge in [0.05, 0.1) is 11.5 Å². The number of carbonyl (C=O) groups is 1. The van der Waals surface area contributed by atoms with Gasteiger partial charge in [-0.3, -0.25) is 4.79 Å². The Hall–Kier alpha value is -0.450. The molecule has 0 aromatic carbocycles. The molecule has 0 radical (unpaired) electrons. The Morgan fingerprint density at radius 1 is 1.21 bits per heavy atom. The predicted octanol–water partition coefficient (Wildman–Crippen LogP) is 3.63. The van der Waals surface area contributed by atoms with Crippen LogP contribution >= 0.6 is 11.6 Å². The van der Waals surface area contributed by atoms with Crippen LogP contribution in [0.2, 0.25) is 0 Å². The molecular formula is C13H19ClF3NO. The highest BCUT2D eigenvalue weighted by Gasteiger charge is 2.49. The van der Waals surface area contributed by atoms with Crippen LogP contribution in [-0.2, 0) is 4.79 Å². The molecule has 6 heteroatoms. The van der Waals surface area contributed by atoms with Crippen LogP contribution in [0.1, 0.15) is 44.9 Å². The lowest BCUT2D eigenvalue weighted by atomic mass is 9.75. The van der Waals surface area contributed by atoms with Crippen molar-refractivity contribution in [3.05, 3.63) is 0 Å². The van der Waals surface area contributed by atoms with Gasteiger partial charge in [0.25, 0.3) is 0 Å². The summed E-state index contributed by atoms with van der Waals surface area (Å²) < 4.78 is 38.9. The van der Waals surface area contributed by atoms with Gasteiger partial charge < -0.3 is 5.32 Å². The Morgan fingerprint density at radius 2 is 1.84 bits per heavy atom. The summed E-state index contributed by atoms with van der Waals surface area (Å²) in [4.78, 5) is 12.2. The van der Waals surface area contributed by atoms with Crippen molar-refractivity contribution >= 4 is 17.5 Å². The Bertz CT molecular complexity index is 336. The van der Waals surface area contributed by atoms with Crippen molar-refractivity contribution in [2.24, 2.45) is 11.8 Å². The molecule has 19 heavy (non-hydrogen) atoms. The number of hydrogen-bond donors (Lipinski definition) is 1. The summed E-state index contributed by atoms with van der Waals surface area (Å²) >= 11 is 5.83. The van der Waals surface area contributed by atoms with E-state index in [-0.39, 0.29) is 12.3 Å². The van der Waals surface area contributed by atoms with Crippen LogP contribution in [0.25, 0.3) is 0 Å². The monoisotopic (exact) mass is 297 g/mol. The first-order chi connectivity index (χ1) is 8.88. The van der Waals surface area contributed by atoms with Gasteiger partial charge in [-0.05, 0) is 32.1 Å². The van der Waals surface area contributed by atoms with Crippen molar-refractivity contribution in [2.75, 3.05) is 5.88 Å². The molecule has 0 aromatic rings. The summed E-state index contributed by atoms with van der Waals surface area (Å²) in [7, 11) is 0. The largest absolute Gasteiger partial charge is 0.392 e. The Kier molecular flexibility index (Phi) is 4.33. The maximum atomic E-state index is 13.0. The predicted molar refractivity (Wildman–Crippen MR) is 66.9 cm³/mol. The van der Waals surface area contributed by atoms with Crippen LogP contribution in [0.3, 0.4) is 0 Å². The van der Waals surface area contributed by atoms with Crippen LogP contribution in [-0.4, -0.2) is 23.5 Å². The standard InChI is InChI=1S/C13H19ClF3NO/c14-8-12(6-3-7-12)18-11(19)9-4-1-2-5-10(9)13(15,16)17/h9-10H,1-8H2,(H,18,19). The van der Waals surface area contributed by atoms with Crippen LogP contribution in [0.4, 0.5) is 13.2 Å². The van der Waals surface area contributed by atoms with E-state index in [1.807, 2.05) is 0 Å². The van der Waals surface area contributed by atoms with E-state index in [2.05, 4.69) is 5.32 Å². The van der Waals surface area contributed by atoms with Gasteiger partial charge in [0, 0.05) is 11.8 Å². The normalized spacial score (nSPS) is 30.5. The van der Waals surface area contributed by atoms with Crippen LogP contribution in [0.5, 0.6) is 0 Å². The van der Waals surface area contributed by atoms with Crippen LogP contribution in [0.15, 0.2) is 0 Å². The van der Waals surface area contributed by atoms with Crippen molar-refractivity contribution < 1.29 is 18.0 Å². The van der Waals surface area contributed by atoms with Crippen LogP contribution in [0, 0.1) is 11.8 Å². The van der Waals surface area contributed by atoms with Crippen molar-refractivity contribution in [1.29, 1.82) is 0 Å². The summed E-state index contributed by atoms with van der Waals surface area (Å²) in [5.74, 6) is -2.60. The molecule has 2 fully saturated rings. The zero-order chi connectivity index (χ0) is 14.1. The molecule has 110 valence electrons. The minimum absolute atomic E-state index is 0.0649. The molecule has 0 aliphatic heterocycles. The van der Waals surface area contributed by atoms with E-state index in [9.17, 15) is 18.0 Å². The van der Waals surface area contributed by atoms with Crippen molar-refractivity contribution in [3.63, 3.8) is 0 Å². The van der Waals surface area contributed by atoms with Gasteiger partial charge in [-0.15, -0.1) is 11.6 Å². The molecule has 2 rings (SSSR count). The molecule has 1 amide bonds. The zero-order valence-corrected chi connectivity index (χ0v) is 11.5. The van der Waals surface area contributed by atoms with E-state index in [0.717, 1.165) is 19.3 Å². The number of rotatable bonds is 3. The first-order valence-electron chi connectivity index (χ1n) is 6.83. The van der Waals surface area contributed by atoms with E-state index in [4.69, 9.17) is 11.6 Å². The van der Waals surface area contributed by atoms with Crippen LogP contribution < -0.4 is 5.32 Å². The molecule has 1 N–H and O–H groups in total. The van der Waals surface area contributed by atoms with Gasteiger partial charge in [-0.2, -0.15) is 13.2 Å². The Morgan fingerprint density at radius 3 is 2.32 bits per heavy atom. The van der Waals surface area contributed by atoms with E-state index in [1.165, 1.54) is 0 Å². The zero-order valence-electron chi connectivity index (χ0n) is 10.7. The number of alkyl halides is 4. The number of hydrogen-bond acceptors (Lipinski definition) is 1. The highest BCUT2D eigenvalue weighted by atomic mass is 35.5. The summed E-state index contributed by atoms with van der Waals surface area (Å²) in [6.45, 7) is 0. The van der Waals surface area contributed by atoms with Gasteiger partial charge in [-0.25, -0.2) is 0 Å². The third-order valence-electron chi connectivity index (χ3n) is 4.48. The van der Waals surface area contributed by atoms with E-state index < -0.39 is 29.5 Å². The molecule has 2 saturated carbocycles. The van der Waals surface area contributed by atoms with E-state index in [1.54, 1.807) is 0 Å². The summed E-state index contributed by atoms with van der Waals surface area (Å²) in [5.41, 5.74) is -0.452. The molecule has 0 aromatic heterocycles. The lowest BCUT2D eigenvalue weighted by molar-refractivity contribution is -0.198. The number of carbonyl (C=O) groups excluding carboxylic acids is 1. The molecule has 2 atom stereocenters. The highest BCUT2D eigenvalue weighted by Crippen LogP contribution is 2.42. The Labute approximate surface area is 116 Å². The minimum atomic E-state index is -4.28. The second-order valence-corrected chi connectivity index (χ2v) is 6.06. The third-order valence-corrected chi connectivity index (χ3v) is 4.99.